The Kier molecular flexibility index (Phi) is 2.74. The number of carboxylic acids is 1. The van der Waals surface area contributed by atoms with Gasteiger partial charge in [-0.25, -0.2) is 9.78 Å². The molecule has 0 aromatic carbocycles. The molecule has 0 aliphatic carbocycles. The Bertz CT molecular complexity index is 533. The van der Waals surface area contributed by atoms with Crippen LogP contribution in [0.15, 0.2) is 29.1 Å². The number of nitrogens with zero attached hydrogens (tertiary/aromatic N) is 3. The number of aromatic nitrogens is 3. The van der Waals surface area contributed by atoms with Crippen LogP contribution in [0.4, 0.5) is 0 Å². The van der Waals surface area contributed by atoms with E-state index >= 15 is 0 Å². The molecule has 0 amide bonds. The molecule has 0 atom stereocenters. The third kappa shape index (κ3) is 1.83. The Balaban J connectivity index is 2.58. The standard InChI is InChI=1S/C10H8BrN3O2/c1-14-9(7(5-13-14)10(15)16)6-2-3-8(11)12-4-6/h2-5H,1H3,(H,15,16). The van der Waals surface area contributed by atoms with Crippen LogP contribution >= 0.6 is 15.9 Å². The lowest BCUT2D eigenvalue weighted by atomic mass is 10.1. The van der Waals surface area contributed by atoms with Gasteiger partial charge in [-0.2, -0.15) is 5.10 Å². The zero-order valence-electron chi connectivity index (χ0n) is 8.38. The fourth-order valence-corrected chi connectivity index (χ4v) is 1.69. The molecule has 0 unspecified atom stereocenters. The molecule has 0 aliphatic rings. The fraction of sp³-hybridized carbons (Fsp3) is 0.100. The Morgan fingerprint density at radius 1 is 1.44 bits per heavy atom. The van der Waals surface area contributed by atoms with Crippen LogP contribution in [0.2, 0.25) is 0 Å². The number of halogens is 1. The predicted molar refractivity (Wildman–Crippen MR) is 61.1 cm³/mol. The topological polar surface area (TPSA) is 68.0 Å². The van der Waals surface area contributed by atoms with E-state index in [1.165, 1.54) is 10.9 Å². The van der Waals surface area contributed by atoms with Gasteiger partial charge >= 0.3 is 5.97 Å². The van der Waals surface area contributed by atoms with Gasteiger partial charge in [0.15, 0.2) is 0 Å². The summed E-state index contributed by atoms with van der Waals surface area (Å²) in [6.45, 7) is 0. The Morgan fingerprint density at radius 3 is 2.75 bits per heavy atom. The second kappa shape index (κ2) is 4.05. The molecule has 5 nitrogen and oxygen atoms in total. The summed E-state index contributed by atoms with van der Waals surface area (Å²) < 4.78 is 2.23. The van der Waals surface area contributed by atoms with Gasteiger partial charge in [0.1, 0.15) is 10.2 Å². The lowest BCUT2D eigenvalue weighted by Gasteiger charge is -2.03. The maximum atomic E-state index is 11.0. The van der Waals surface area contributed by atoms with Gasteiger partial charge in [0.2, 0.25) is 0 Å². The van der Waals surface area contributed by atoms with Crippen molar-refractivity contribution in [2.24, 2.45) is 7.05 Å². The minimum atomic E-state index is -0.994. The molecule has 0 spiro atoms. The second-order valence-electron chi connectivity index (χ2n) is 3.21. The molecule has 0 radical (unpaired) electrons. The van der Waals surface area contributed by atoms with E-state index in [0.29, 0.717) is 10.3 Å². The minimum absolute atomic E-state index is 0.173. The van der Waals surface area contributed by atoms with Gasteiger partial charge in [-0.3, -0.25) is 4.68 Å². The van der Waals surface area contributed by atoms with Crippen molar-refractivity contribution in [1.29, 1.82) is 0 Å². The first kappa shape index (κ1) is 10.8. The van der Waals surface area contributed by atoms with Gasteiger partial charge in [0, 0.05) is 18.8 Å². The van der Waals surface area contributed by atoms with Crippen molar-refractivity contribution in [2.75, 3.05) is 0 Å². The van der Waals surface area contributed by atoms with Crippen LogP contribution in [0.25, 0.3) is 11.3 Å². The summed E-state index contributed by atoms with van der Waals surface area (Å²) >= 11 is 3.22. The van der Waals surface area contributed by atoms with Gasteiger partial charge in [-0.15, -0.1) is 0 Å². The van der Waals surface area contributed by atoms with Crippen LogP contribution < -0.4 is 0 Å². The van der Waals surface area contributed by atoms with Crippen LogP contribution in [0, 0.1) is 0 Å². The highest BCUT2D eigenvalue weighted by Gasteiger charge is 2.16. The molecule has 6 heteroatoms. The zero-order valence-corrected chi connectivity index (χ0v) is 9.97. The second-order valence-corrected chi connectivity index (χ2v) is 4.02. The molecular formula is C10H8BrN3O2. The summed E-state index contributed by atoms with van der Waals surface area (Å²) in [6.07, 6.45) is 2.94. The average molecular weight is 282 g/mol. The summed E-state index contributed by atoms with van der Waals surface area (Å²) in [7, 11) is 1.70. The number of hydrogen-bond acceptors (Lipinski definition) is 3. The number of hydrogen-bond donors (Lipinski definition) is 1. The summed E-state index contributed by atoms with van der Waals surface area (Å²) in [6, 6.07) is 3.55. The molecule has 16 heavy (non-hydrogen) atoms. The lowest BCUT2D eigenvalue weighted by Crippen LogP contribution is -2.00. The molecule has 0 saturated carbocycles. The van der Waals surface area contributed by atoms with Gasteiger partial charge in [0.25, 0.3) is 0 Å². The zero-order chi connectivity index (χ0) is 11.7. The largest absolute Gasteiger partial charge is 0.478 e. The van der Waals surface area contributed by atoms with E-state index in [4.69, 9.17) is 5.11 Å². The van der Waals surface area contributed by atoms with Crippen molar-refractivity contribution in [3.05, 3.63) is 34.7 Å². The minimum Gasteiger partial charge on any atom is -0.478 e. The van der Waals surface area contributed by atoms with Crippen LogP contribution in [-0.2, 0) is 7.05 Å². The third-order valence-electron chi connectivity index (χ3n) is 2.17. The highest BCUT2D eigenvalue weighted by atomic mass is 79.9. The molecule has 0 bridgehead atoms. The van der Waals surface area contributed by atoms with Crippen LogP contribution in [0.1, 0.15) is 10.4 Å². The number of carbonyl (C=O) groups is 1. The molecule has 1 N–H and O–H groups in total. The van der Waals surface area contributed by atoms with Crippen molar-refractivity contribution in [3.8, 4) is 11.3 Å². The summed E-state index contributed by atoms with van der Waals surface area (Å²) in [5.74, 6) is -0.994. The highest BCUT2D eigenvalue weighted by Crippen LogP contribution is 2.23. The summed E-state index contributed by atoms with van der Waals surface area (Å²) in [5, 5.41) is 12.9. The molecular weight excluding hydrogens is 274 g/mol. The van der Waals surface area contributed by atoms with Crippen molar-refractivity contribution in [2.45, 2.75) is 0 Å². The lowest BCUT2D eigenvalue weighted by molar-refractivity contribution is 0.0697. The van der Waals surface area contributed by atoms with Crippen LogP contribution in [-0.4, -0.2) is 25.8 Å². The fourth-order valence-electron chi connectivity index (χ4n) is 1.45. The Morgan fingerprint density at radius 2 is 2.19 bits per heavy atom. The van der Waals surface area contributed by atoms with E-state index in [1.807, 2.05) is 0 Å². The van der Waals surface area contributed by atoms with Crippen molar-refractivity contribution in [3.63, 3.8) is 0 Å². The number of rotatable bonds is 2. The number of pyridine rings is 1. The van der Waals surface area contributed by atoms with Crippen molar-refractivity contribution < 1.29 is 9.90 Å². The summed E-state index contributed by atoms with van der Waals surface area (Å²) in [4.78, 5) is 15.1. The SMILES string of the molecule is Cn1ncc(C(=O)O)c1-c1ccc(Br)nc1. The monoisotopic (exact) mass is 281 g/mol. The summed E-state index contributed by atoms with van der Waals surface area (Å²) in [5.41, 5.74) is 1.44. The Labute approximate surface area is 99.9 Å². The molecule has 0 saturated heterocycles. The maximum absolute atomic E-state index is 11.0. The first-order chi connectivity index (χ1) is 7.59. The van der Waals surface area contributed by atoms with Gasteiger partial charge < -0.3 is 5.11 Å². The number of aryl methyl sites for hydroxylation is 1. The van der Waals surface area contributed by atoms with E-state index in [0.717, 1.165) is 5.56 Å². The molecule has 0 aliphatic heterocycles. The van der Waals surface area contributed by atoms with E-state index in [1.54, 1.807) is 25.4 Å². The quantitative estimate of drug-likeness (QED) is 0.855. The van der Waals surface area contributed by atoms with E-state index in [2.05, 4.69) is 26.0 Å². The molecule has 82 valence electrons. The number of carboxylic acid groups (broad SMARTS) is 1. The van der Waals surface area contributed by atoms with Gasteiger partial charge in [-0.1, -0.05) is 0 Å². The first-order valence-corrected chi connectivity index (χ1v) is 5.26. The molecule has 2 aromatic heterocycles. The normalized spacial score (nSPS) is 10.4. The average Bonchev–Trinajstić information content (AvgIpc) is 2.62. The highest BCUT2D eigenvalue weighted by molar-refractivity contribution is 9.10. The molecule has 2 heterocycles. The first-order valence-electron chi connectivity index (χ1n) is 4.47. The molecule has 2 aromatic rings. The van der Waals surface area contributed by atoms with Gasteiger partial charge in [-0.05, 0) is 28.1 Å². The van der Waals surface area contributed by atoms with Gasteiger partial charge in [0.05, 0.1) is 11.9 Å². The van der Waals surface area contributed by atoms with Crippen molar-refractivity contribution in [1.82, 2.24) is 14.8 Å². The van der Waals surface area contributed by atoms with E-state index in [-0.39, 0.29) is 5.56 Å². The van der Waals surface area contributed by atoms with Crippen LogP contribution in [0.3, 0.4) is 0 Å². The number of aromatic carboxylic acids is 1. The smallest absolute Gasteiger partial charge is 0.339 e. The van der Waals surface area contributed by atoms with Crippen molar-refractivity contribution >= 4 is 21.9 Å². The van der Waals surface area contributed by atoms with Crippen LogP contribution in [0.5, 0.6) is 0 Å². The molecule has 2 rings (SSSR count). The predicted octanol–water partition coefficient (Wildman–Crippen LogP) is 1.94. The third-order valence-corrected chi connectivity index (χ3v) is 2.64. The van der Waals surface area contributed by atoms with E-state index < -0.39 is 5.97 Å². The molecule has 0 fully saturated rings. The Hall–Kier alpha value is -1.69. The van der Waals surface area contributed by atoms with E-state index in [9.17, 15) is 4.79 Å². The maximum Gasteiger partial charge on any atom is 0.339 e.